The minimum Gasteiger partial charge on any atom is -0.495 e. The van der Waals surface area contributed by atoms with Gasteiger partial charge in [-0.3, -0.25) is 0 Å². The first-order chi connectivity index (χ1) is 8.19. The molecule has 0 radical (unpaired) electrons. The summed E-state index contributed by atoms with van der Waals surface area (Å²) < 4.78 is 5.15. The molecule has 1 aromatic rings. The topological polar surface area (TPSA) is 9.23 Å². The van der Waals surface area contributed by atoms with E-state index in [4.69, 9.17) is 27.9 Å². The van der Waals surface area contributed by atoms with Crippen molar-refractivity contribution in [2.45, 2.75) is 24.6 Å². The first-order valence-electron chi connectivity index (χ1n) is 6.16. The Morgan fingerprint density at radius 2 is 1.94 bits per heavy atom. The van der Waals surface area contributed by atoms with Crippen LogP contribution < -0.4 is 4.74 Å². The first kappa shape index (κ1) is 11.7. The fraction of sp³-hybridized carbons (Fsp3) is 0.571. The highest BCUT2D eigenvalue weighted by Gasteiger charge is 2.47. The van der Waals surface area contributed by atoms with Crippen LogP contribution in [-0.4, -0.2) is 7.11 Å². The van der Waals surface area contributed by atoms with Crippen molar-refractivity contribution >= 4 is 23.2 Å². The molecule has 2 saturated carbocycles. The average Bonchev–Trinajstić information content (AvgIpc) is 2.95. The van der Waals surface area contributed by atoms with Crippen LogP contribution in [0, 0.1) is 17.8 Å². The van der Waals surface area contributed by atoms with Gasteiger partial charge in [0, 0.05) is 0 Å². The van der Waals surface area contributed by atoms with Crippen molar-refractivity contribution in [2.24, 2.45) is 17.8 Å². The van der Waals surface area contributed by atoms with E-state index >= 15 is 0 Å². The van der Waals surface area contributed by atoms with Gasteiger partial charge in [0.15, 0.2) is 0 Å². The number of alkyl halides is 1. The Hall–Kier alpha value is -0.400. The van der Waals surface area contributed by atoms with Gasteiger partial charge in [0.05, 0.1) is 17.5 Å². The highest BCUT2D eigenvalue weighted by Crippen LogP contribution is 2.58. The minimum atomic E-state index is 0.103. The lowest BCUT2D eigenvalue weighted by Crippen LogP contribution is -2.06. The van der Waals surface area contributed by atoms with Crippen LogP contribution in [0.3, 0.4) is 0 Å². The maximum atomic E-state index is 6.57. The molecule has 0 amide bonds. The van der Waals surface area contributed by atoms with Gasteiger partial charge in [-0.05, 0) is 54.7 Å². The van der Waals surface area contributed by atoms with Crippen molar-refractivity contribution in [1.29, 1.82) is 0 Å². The molecule has 0 saturated heterocycles. The Bertz CT molecular complexity index is 422. The molecule has 3 heteroatoms. The van der Waals surface area contributed by atoms with Crippen LogP contribution in [0.2, 0.25) is 5.02 Å². The summed E-state index contributed by atoms with van der Waals surface area (Å²) in [7, 11) is 1.63. The summed E-state index contributed by atoms with van der Waals surface area (Å²) in [5, 5.41) is 0.755. The number of methoxy groups -OCH3 is 1. The molecule has 0 aromatic heterocycles. The summed E-state index contributed by atoms with van der Waals surface area (Å²) in [6, 6.07) is 5.89. The van der Waals surface area contributed by atoms with Crippen molar-refractivity contribution in [3.05, 3.63) is 28.8 Å². The largest absolute Gasteiger partial charge is 0.495 e. The second-order valence-corrected chi connectivity index (χ2v) is 6.16. The zero-order chi connectivity index (χ0) is 12.0. The maximum absolute atomic E-state index is 6.57. The number of hydrogen-bond acceptors (Lipinski definition) is 1. The van der Waals surface area contributed by atoms with Crippen LogP contribution in [0.15, 0.2) is 18.2 Å². The van der Waals surface area contributed by atoms with E-state index in [1.165, 1.54) is 19.3 Å². The Morgan fingerprint density at radius 1 is 1.24 bits per heavy atom. The van der Waals surface area contributed by atoms with Crippen LogP contribution in [0.4, 0.5) is 0 Å². The molecule has 3 atom stereocenters. The molecule has 1 aromatic carbocycles. The molecule has 17 heavy (non-hydrogen) atoms. The molecular formula is C14H16Cl2O. The molecule has 0 spiro atoms. The van der Waals surface area contributed by atoms with Gasteiger partial charge in [0.2, 0.25) is 0 Å². The van der Waals surface area contributed by atoms with E-state index in [0.29, 0.717) is 16.7 Å². The van der Waals surface area contributed by atoms with Crippen molar-refractivity contribution in [2.75, 3.05) is 7.11 Å². The van der Waals surface area contributed by atoms with E-state index in [0.717, 1.165) is 17.4 Å². The third-order valence-corrected chi connectivity index (χ3v) is 5.09. The van der Waals surface area contributed by atoms with Gasteiger partial charge >= 0.3 is 0 Å². The van der Waals surface area contributed by atoms with Crippen LogP contribution >= 0.6 is 23.2 Å². The van der Waals surface area contributed by atoms with Gasteiger partial charge in [0.1, 0.15) is 5.75 Å². The van der Waals surface area contributed by atoms with Crippen molar-refractivity contribution < 1.29 is 4.74 Å². The molecule has 2 aliphatic carbocycles. The van der Waals surface area contributed by atoms with Crippen molar-refractivity contribution in [3.8, 4) is 5.75 Å². The molecular weight excluding hydrogens is 255 g/mol. The summed E-state index contributed by atoms with van der Waals surface area (Å²) in [6.45, 7) is 0. The summed E-state index contributed by atoms with van der Waals surface area (Å²) in [5.41, 5.74) is 1.13. The minimum absolute atomic E-state index is 0.103. The summed E-state index contributed by atoms with van der Waals surface area (Å²) in [4.78, 5) is 0. The SMILES string of the molecule is COc1ccc(C(Cl)C2CC3CC3C2)cc1Cl. The quantitative estimate of drug-likeness (QED) is 0.725. The smallest absolute Gasteiger partial charge is 0.137 e. The third kappa shape index (κ3) is 2.15. The van der Waals surface area contributed by atoms with Gasteiger partial charge < -0.3 is 4.74 Å². The lowest BCUT2D eigenvalue weighted by molar-refractivity contribution is 0.414. The maximum Gasteiger partial charge on any atom is 0.137 e. The predicted molar refractivity (Wildman–Crippen MR) is 70.9 cm³/mol. The normalized spacial score (nSPS) is 32.1. The molecule has 0 N–H and O–H groups in total. The zero-order valence-electron chi connectivity index (χ0n) is 9.83. The van der Waals surface area contributed by atoms with Crippen LogP contribution in [0.25, 0.3) is 0 Å². The number of ether oxygens (including phenoxy) is 1. The number of benzene rings is 1. The molecule has 0 aliphatic heterocycles. The van der Waals surface area contributed by atoms with Gasteiger partial charge in [-0.2, -0.15) is 0 Å². The summed E-state index contributed by atoms with van der Waals surface area (Å²) >= 11 is 12.7. The van der Waals surface area contributed by atoms with Crippen molar-refractivity contribution in [1.82, 2.24) is 0 Å². The molecule has 1 nitrogen and oxygen atoms in total. The second kappa shape index (κ2) is 4.37. The standard InChI is InChI=1S/C14H16Cl2O/c1-17-13-3-2-8(7-12(13)15)14(16)11-5-9-4-10(9)6-11/h2-3,7,9-11,14H,4-6H2,1H3. The fourth-order valence-electron chi connectivity index (χ4n) is 3.13. The Kier molecular flexibility index (Phi) is 3.00. The van der Waals surface area contributed by atoms with Crippen LogP contribution in [-0.2, 0) is 0 Å². The van der Waals surface area contributed by atoms with Crippen molar-refractivity contribution in [3.63, 3.8) is 0 Å². The monoisotopic (exact) mass is 270 g/mol. The van der Waals surface area contributed by atoms with E-state index in [-0.39, 0.29) is 5.38 Å². The molecule has 0 heterocycles. The Labute approximate surface area is 112 Å². The number of halogens is 2. The van der Waals surface area contributed by atoms with Gasteiger partial charge in [-0.25, -0.2) is 0 Å². The molecule has 3 unspecified atom stereocenters. The van der Waals surface area contributed by atoms with E-state index in [1.54, 1.807) is 7.11 Å². The van der Waals surface area contributed by atoms with Gasteiger partial charge in [-0.1, -0.05) is 17.7 Å². The van der Waals surface area contributed by atoms with E-state index < -0.39 is 0 Å². The number of hydrogen-bond donors (Lipinski definition) is 0. The molecule has 3 rings (SSSR count). The Morgan fingerprint density at radius 3 is 2.53 bits per heavy atom. The van der Waals surface area contributed by atoms with E-state index in [9.17, 15) is 0 Å². The first-order valence-corrected chi connectivity index (χ1v) is 6.98. The van der Waals surface area contributed by atoms with Crippen LogP contribution in [0.5, 0.6) is 5.75 Å². The average molecular weight is 271 g/mol. The Balaban J connectivity index is 1.76. The predicted octanol–water partition coefficient (Wildman–Crippen LogP) is 4.67. The summed E-state index contributed by atoms with van der Waals surface area (Å²) in [5.74, 6) is 3.28. The third-order valence-electron chi connectivity index (χ3n) is 4.19. The lowest BCUT2D eigenvalue weighted by atomic mass is 9.94. The van der Waals surface area contributed by atoms with E-state index in [2.05, 4.69) is 0 Å². The van der Waals surface area contributed by atoms with Crippen LogP contribution in [0.1, 0.15) is 30.2 Å². The van der Waals surface area contributed by atoms with E-state index in [1.807, 2.05) is 18.2 Å². The molecule has 2 aliphatic rings. The molecule has 92 valence electrons. The highest BCUT2D eigenvalue weighted by atomic mass is 35.5. The molecule has 2 fully saturated rings. The highest BCUT2D eigenvalue weighted by molar-refractivity contribution is 6.32. The fourth-order valence-corrected chi connectivity index (χ4v) is 3.73. The van der Waals surface area contributed by atoms with Gasteiger partial charge in [-0.15, -0.1) is 11.6 Å². The van der Waals surface area contributed by atoms with Gasteiger partial charge in [0.25, 0.3) is 0 Å². The number of fused-ring (bicyclic) bond motifs is 1. The second-order valence-electron chi connectivity index (χ2n) is 5.28. The number of rotatable bonds is 3. The molecule has 0 bridgehead atoms. The summed E-state index contributed by atoms with van der Waals surface area (Å²) in [6.07, 6.45) is 4.02. The lowest BCUT2D eigenvalue weighted by Gasteiger charge is -2.19. The zero-order valence-corrected chi connectivity index (χ0v) is 11.3.